The van der Waals surface area contributed by atoms with E-state index in [1.807, 2.05) is 25.1 Å². The Hall–Kier alpha value is -2.32. The number of hydrogen-bond acceptors (Lipinski definition) is 4. The van der Waals surface area contributed by atoms with E-state index >= 15 is 0 Å². The number of anilines is 1. The van der Waals surface area contributed by atoms with Gasteiger partial charge in [-0.1, -0.05) is 29.8 Å². The minimum Gasteiger partial charge on any atom is -0.271 e. The molecule has 9 heteroatoms. The lowest BCUT2D eigenvalue weighted by atomic mass is 10.2. The van der Waals surface area contributed by atoms with Crippen molar-refractivity contribution in [2.45, 2.75) is 31.8 Å². The summed E-state index contributed by atoms with van der Waals surface area (Å²) in [6.07, 6.45) is 3.21. The van der Waals surface area contributed by atoms with E-state index in [1.165, 1.54) is 6.20 Å². The van der Waals surface area contributed by atoms with Gasteiger partial charge in [0.2, 0.25) is 0 Å². The fourth-order valence-electron chi connectivity index (χ4n) is 2.42. The van der Waals surface area contributed by atoms with Crippen molar-refractivity contribution in [2.24, 2.45) is 0 Å². The fraction of sp³-hybridized carbons (Fsp3) is 0.250. The van der Waals surface area contributed by atoms with E-state index in [0.29, 0.717) is 23.8 Å². The summed E-state index contributed by atoms with van der Waals surface area (Å²) >= 11 is 6.14. The van der Waals surface area contributed by atoms with Crippen LogP contribution in [0.2, 0.25) is 5.02 Å². The Bertz CT molecular complexity index is 994. The van der Waals surface area contributed by atoms with Gasteiger partial charge in [0.15, 0.2) is 5.82 Å². The number of nitrogens with one attached hydrogen (secondary N) is 1. The Labute approximate surface area is 151 Å². The second-order valence-corrected chi connectivity index (χ2v) is 7.59. The van der Waals surface area contributed by atoms with Crippen molar-refractivity contribution in [3.8, 4) is 0 Å². The first-order valence-electron chi connectivity index (χ1n) is 7.73. The van der Waals surface area contributed by atoms with Crippen molar-refractivity contribution in [3.63, 3.8) is 0 Å². The summed E-state index contributed by atoms with van der Waals surface area (Å²) in [5.74, 6) is 0.246. The molecule has 0 aliphatic carbocycles. The molecule has 3 aromatic rings. The number of rotatable bonds is 6. The average Bonchev–Trinajstić information content (AvgIpc) is 3.16. The van der Waals surface area contributed by atoms with Gasteiger partial charge in [-0.3, -0.25) is 14.1 Å². The van der Waals surface area contributed by atoms with Gasteiger partial charge in [-0.05, 0) is 25.5 Å². The lowest BCUT2D eigenvalue weighted by molar-refractivity contribution is 0.599. The third-order valence-corrected chi connectivity index (χ3v) is 5.51. The van der Waals surface area contributed by atoms with Gasteiger partial charge in [-0.15, -0.1) is 0 Å². The van der Waals surface area contributed by atoms with Crippen LogP contribution in [0.15, 0.2) is 47.6 Å². The zero-order valence-electron chi connectivity index (χ0n) is 13.8. The van der Waals surface area contributed by atoms with E-state index in [2.05, 4.69) is 14.9 Å². The molecule has 25 heavy (non-hydrogen) atoms. The molecule has 132 valence electrons. The summed E-state index contributed by atoms with van der Waals surface area (Å²) in [6, 6.07) is 9.05. The molecular weight excluding hydrogens is 362 g/mol. The summed E-state index contributed by atoms with van der Waals surface area (Å²) in [5, 5.41) is 9.06. The lowest BCUT2D eigenvalue weighted by Gasteiger charge is -2.05. The van der Waals surface area contributed by atoms with Gasteiger partial charge in [0.1, 0.15) is 4.90 Å². The number of sulfonamides is 1. The normalized spacial score (nSPS) is 11.6. The minimum atomic E-state index is -3.74. The number of halogens is 1. The van der Waals surface area contributed by atoms with Gasteiger partial charge in [-0.25, -0.2) is 8.42 Å². The van der Waals surface area contributed by atoms with Gasteiger partial charge < -0.3 is 0 Å². The Morgan fingerprint density at radius 3 is 2.60 bits per heavy atom. The molecule has 0 aliphatic heterocycles. The molecule has 1 aromatic carbocycles. The van der Waals surface area contributed by atoms with Crippen molar-refractivity contribution in [2.75, 3.05) is 4.72 Å². The minimum absolute atomic E-state index is 0.148. The monoisotopic (exact) mass is 379 g/mol. The van der Waals surface area contributed by atoms with Gasteiger partial charge in [0.05, 0.1) is 12.2 Å². The first kappa shape index (κ1) is 17.5. The predicted molar refractivity (Wildman–Crippen MR) is 96.2 cm³/mol. The number of hydrogen-bond donors (Lipinski definition) is 1. The number of aromatic nitrogens is 4. The fourth-order valence-corrected chi connectivity index (χ4v) is 3.80. The molecule has 0 saturated heterocycles. The highest BCUT2D eigenvalue weighted by Gasteiger charge is 2.21. The SMILES string of the molecule is CCn1cc(S(=O)(=O)Nc2ccn(Cc3ccccc3Cl)n2)c(C)n1. The summed E-state index contributed by atoms with van der Waals surface area (Å²) in [7, 11) is -3.74. The molecule has 3 rings (SSSR count). The molecule has 1 N–H and O–H groups in total. The molecule has 0 bridgehead atoms. The van der Waals surface area contributed by atoms with Crippen molar-refractivity contribution in [1.82, 2.24) is 19.6 Å². The quantitative estimate of drug-likeness (QED) is 0.713. The van der Waals surface area contributed by atoms with E-state index < -0.39 is 10.0 Å². The molecule has 0 unspecified atom stereocenters. The second-order valence-electron chi connectivity index (χ2n) is 5.53. The zero-order valence-corrected chi connectivity index (χ0v) is 15.4. The molecule has 0 fully saturated rings. The second kappa shape index (κ2) is 6.89. The van der Waals surface area contributed by atoms with Gasteiger partial charge >= 0.3 is 0 Å². The van der Waals surface area contributed by atoms with E-state index in [4.69, 9.17) is 11.6 Å². The van der Waals surface area contributed by atoms with E-state index in [1.54, 1.807) is 34.6 Å². The largest absolute Gasteiger partial charge is 0.271 e. The van der Waals surface area contributed by atoms with Gasteiger partial charge in [0, 0.05) is 30.0 Å². The van der Waals surface area contributed by atoms with E-state index in [9.17, 15) is 8.42 Å². The Morgan fingerprint density at radius 1 is 1.16 bits per heavy atom. The first-order valence-corrected chi connectivity index (χ1v) is 9.59. The highest BCUT2D eigenvalue weighted by Crippen LogP contribution is 2.19. The van der Waals surface area contributed by atoms with Crippen LogP contribution in [0, 0.1) is 6.92 Å². The van der Waals surface area contributed by atoms with Crippen LogP contribution in [0.3, 0.4) is 0 Å². The summed E-state index contributed by atoms with van der Waals surface area (Å²) in [6.45, 7) is 4.61. The third kappa shape index (κ3) is 3.85. The maximum absolute atomic E-state index is 12.5. The molecule has 0 amide bonds. The molecule has 0 spiro atoms. The molecule has 0 atom stereocenters. The standard InChI is InChI=1S/C16H18ClN5O2S/c1-3-21-11-15(12(2)18-21)25(23,24)20-16-8-9-22(19-16)10-13-6-4-5-7-14(13)17/h4-9,11H,3,10H2,1-2H3,(H,19,20). The van der Waals surface area contributed by atoms with Crippen LogP contribution in [0.4, 0.5) is 5.82 Å². The summed E-state index contributed by atoms with van der Waals surface area (Å²) in [5.41, 5.74) is 1.35. The first-order chi connectivity index (χ1) is 11.9. The van der Waals surface area contributed by atoms with E-state index in [0.717, 1.165) is 5.56 Å². The lowest BCUT2D eigenvalue weighted by Crippen LogP contribution is -2.14. The highest BCUT2D eigenvalue weighted by atomic mass is 35.5. The van der Waals surface area contributed by atoms with Crippen molar-refractivity contribution in [3.05, 3.63) is 59.0 Å². The Kier molecular flexibility index (Phi) is 4.82. The number of nitrogens with zero attached hydrogens (tertiary/aromatic N) is 4. The Morgan fingerprint density at radius 2 is 1.92 bits per heavy atom. The van der Waals surface area contributed by atoms with Gasteiger partial charge in [-0.2, -0.15) is 10.2 Å². The predicted octanol–water partition coefficient (Wildman–Crippen LogP) is 2.91. The average molecular weight is 380 g/mol. The maximum Gasteiger partial charge on any atom is 0.266 e. The van der Waals surface area contributed by atoms with Crippen LogP contribution in [0.5, 0.6) is 0 Å². The molecule has 2 heterocycles. The van der Waals surface area contributed by atoms with Crippen LogP contribution in [-0.2, 0) is 23.1 Å². The topological polar surface area (TPSA) is 81.8 Å². The van der Waals surface area contributed by atoms with Crippen LogP contribution in [0.1, 0.15) is 18.2 Å². The molecular formula is C16H18ClN5O2S. The molecule has 0 saturated carbocycles. The Balaban J connectivity index is 1.78. The van der Waals surface area contributed by atoms with E-state index in [-0.39, 0.29) is 10.7 Å². The van der Waals surface area contributed by atoms with Crippen LogP contribution in [-0.4, -0.2) is 28.0 Å². The summed E-state index contributed by atoms with van der Waals surface area (Å²) in [4.78, 5) is 0.148. The molecule has 0 radical (unpaired) electrons. The number of aryl methyl sites for hydroxylation is 2. The zero-order chi connectivity index (χ0) is 18.0. The molecule has 7 nitrogen and oxygen atoms in total. The smallest absolute Gasteiger partial charge is 0.266 e. The third-order valence-electron chi connectivity index (χ3n) is 3.68. The van der Waals surface area contributed by atoms with Crippen LogP contribution >= 0.6 is 11.6 Å². The molecule has 2 aromatic heterocycles. The number of benzene rings is 1. The van der Waals surface area contributed by atoms with Crippen molar-refractivity contribution < 1.29 is 8.42 Å². The van der Waals surface area contributed by atoms with Crippen molar-refractivity contribution in [1.29, 1.82) is 0 Å². The highest BCUT2D eigenvalue weighted by molar-refractivity contribution is 7.92. The van der Waals surface area contributed by atoms with Crippen LogP contribution in [0.25, 0.3) is 0 Å². The summed E-state index contributed by atoms with van der Waals surface area (Å²) < 4.78 is 30.8. The van der Waals surface area contributed by atoms with Crippen molar-refractivity contribution >= 4 is 27.4 Å². The molecule has 0 aliphatic rings. The van der Waals surface area contributed by atoms with Crippen LogP contribution < -0.4 is 4.72 Å². The van der Waals surface area contributed by atoms with Gasteiger partial charge in [0.25, 0.3) is 10.0 Å². The maximum atomic E-state index is 12.5.